The van der Waals surface area contributed by atoms with Crippen LogP contribution in [-0.2, 0) is 28.5 Å². The first-order valence-corrected chi connectivity index (χ1v) is 27.6. The molecule has 372 valence electrons. The second kappa shape index (κ2) is 48.2. The van der Waals surface area contributed by atoms with Crippen molar-refractivity contribution in [1.82, 2.24) is 4.90 Å². The van der Waals surface area contributed by atoms with E-state index in [9.17, 15) is 4.79 Å². The number of nitrogens with zero attached hydrogens (tertiary/aromatic N) is 1. The molecule has 0 bridgehead atoms. The fourth-order valence-electron chi connectivity index (χ4n) is 8.76. The van der Waals surface area contributed by atoms with Crippen LogP contribution in [0.5, 0.6) is 0 Å². The molecule has 0 N–H and O–H groups in total. The summed E-state index contributed by atoms with van der Waals surface area (Å²) in [7, 11) is 4.12. The maximum absolute atomic E-state index is 12.7. The molecule has 3 unspecified atom stereocenters. The summed E-state index contributed by atoms with van der Waals surface area (Å²) in [5.41, 5.74) is 0. The molecule has 0 rings (SSSR count). The van der Waals surface area contributed by atoms with E-state index in [0.717, 1.165) is 89.8 Å². The van der Waals surface area contributed by atoms with Crippen molar-refractivity contribution in [2.75, 3.05) is 47.1 Å². The van der Waals surface area contributed by atoms with E-state index < -0.39 is 0 Å². The van der Waals surface area contributed by atoms with Crippen molar-refractivity contribution in [3.05, 3.63) is 0 Å². The third-order valence-electron chi connectivity index (χ3n) is 13.0. The van der Waals surface area contributed by atoms with E-state index in [2.05, 4.69) is 60.5 Å². The minimum atomic E-state index is -0.108. The van der Waals surface area contributed by atoms with Crippen LogP contribution in [0.1, 0.15) is 273 Å². The Labute approximate surface area is 388 Å². The maximum atomic E-state index is 12.7. The van der Waals surface area contributed by atoms with Gasteiger partial charge in [0.1, 0.15) is 6.10 Å². The monoisotopic (exact) mass is 882 g/mol. The number of hydrogen-bond donors (Lipinski definition) is 0. The van der Waals surface area contributed by atoms with Gasteiger partial charge >= 0.3 is 5.97 Å². The van der Waals surface area contributed by atoms with E-state index in [1.54, 1.807) is 0 Å². The molecule has 0 aliphatic rings. The Morgan fingerprint density at radius 1 is 0.387 bits per heavy atom. The molecule has 0 saturated carbocycles. The first-order valence-electron chi connectivity index (χ1n) is 27.6. The largest absolute Gasteiger partial charge is 0.462 e. The van der Waals surface area contributed by atoms with Gasteiger partial charge in [-0.2, -0.15) is 0 Å². The summed E-state index contributed by atoms with van der Waals surface area (Å²) in [6.45, 7) is 17.5. The van der Waals surface area contributed by atoms with E-state index in [4.69, 9.17) is 23.7 Å². The molecule has 62 heavy (non-hydrogen) atoms. The number of ether oxygens (including phenoxy) is 5. The Balaban J connectivity index is 4.16. The topological polar surface area (TPSA) is 66.5 Å². The minimum absolute atomic E-state index is 0.0111. The van der Waals surface area contributed by atoms with Crippen molar-refractivity contribution >= 4 is 5.97 Å². The van der Waals surface area contributed by atoms with Crippen LogP contribution >= 0.6 is 0 Å². The molecule has 3 atom stereocenters. The lowest BCUT2D eigenvalue weighted by Gasteiger charge is -2.19. The molecule has 7 nitrogen and oxygen atoms in total. The zero-order valence-corrected chi connectivity index (χ0v) is 43.3. The zero-order valence-electron chi connectivity index (χ0n) is 43.3. The summed E-state index contributed by atoms with van der Waals surface area (Å²) in [6, 6.07) is 0. The highest BCUT2D eigenvalue weighted by atomic mass is 16.7. The van der Waals surface area contributed by atoms with Gasteiger partial charge < -0.3 is 28.6 Å². The quantitative estimate of drug-likeness (QED) is 0.0342. The SMILES string of the molecule is CCCCCC(CCCCC)CCOC(C)OCCCCCCCCCCC(CCCCCCCCOC(C)OCCC(CCCCC)CCCCC)OC(=O)CCCN(C)C. The molecule has 0 amide bonds. The van der Waals surface area contributed by atoms with Gasteiger partial charge in [0, 0.05) is 32.8 Å². The molecule has 0 aliphatic heterocycles. The highest BCUT2D eigenvalue weighted by molar-refractivity contribution is 5.69. The summed E-state index contributed by atoms with van der Waals surface area (Å²) in [5.74, 6) is 1.61. The third kappa shape index (κ3) is 44.5. The molecule has 0 spiro atoms. The van der Waals surface area contributed by atoms with E-state index in [1.165, 1.54) is 180 Å². The van der Waals surface area contributed by atoms with Gasteiger partial charge in [-0.3, -0.25) is 4.79 Å². The van der Waals surface area contributed by atoms with Crippen LogP contribution < -0.4 is 0 Å². The molecule has 0 fully saturated rings. The van der Waals surface area contributed by atoms with Gasteiger partial charge in [0.15, 0.2) is 12.6 Å². The van der Waals surface area contributed by atoms with E-state index >= 15 is 0 Å². The number of rotatable bonds is 51. The molecule has 0 radical (unpaired) electrons. The zero-order chi connectivity index (χ0) is 45.6. The number of unbranched alkanes of at least 4 members (excludes halogenated alkanes) is 20. The van der Waals surface area contributed by atoms with Gasteiger partial charge in [-0.25, -0.2) is 0 Å². The van der Waals surface area contributed by atoms with Crippen molar-refractivity contribution < 1.29 is 28.5 Å². The lowest BCUT2D eigenvalue weighted by Crippen LogP contribution is -2.20. The number of carbonyl (C=O) groups excluding carboxylic acids is 1. The summed E-state index contributed by atoms with van der Waals surface area (Å²) in [5, 5.41) is 0. The highest BCUT2D eigenvalue weighted by Crippen LogP contribution is 2.23. The van der Waals surface area contributed by atoms with Crippen molar-refractivity contribution in [2.45, 2.75) is 291 Å². The predicted molar refractivity (Wildman–Crippen MR) is 267 cm³/mol. The summed E-state index contributed by atoms with van der Waals surface area (Å²) in [6.07, 6.45) is 44.1. The van der Waals surface area contributed by atoms with E-state index in [1.807, 2.05) is 0 Å². The standard InChI is InChI=1S/C55H111NO6/c1-9-13-27-36-52(37-28-14-10-2)43-48-60-50(5)58-46-33-25-21-18-17-19-23-31-40-54(62-55(57)42-35-45-56(7)8)41-32-24-20-22-26-34-47-59-51(6)61-49-44-53(38-29-15-11-3)39-30-16-12-4/h50-54H,9-49H2,1-8H3. The number of hydrogen-bond acceptors (Lipinski definition) is 7. The van der Waals surface area contributed by atoms with Gasteiger partial charge in [0.2, 0.25) is 0 Å². The molecule has 7 heteroatoms. The predicted octanol–water partition coefficient (Wildman–Crippen LogP) is 16.6. The maximum Gasteiger partial charge on any atom is 0.306 e. The Bertz CT molecular complexity index is 868. The molecule has 0 saturated heterocycles. The van der Waals surface area contributed by atoms with Crippen molar-refractivity contribution in [2.24, 2.45) is 11.8 Å². The normalized spacial score (nSPS) is 13.5. The van der Waals surface area contributed by atoms with Crippen LogP contribution in [0.25, 0.3) is 0 Å². The lowest BCUT2D eigenvalue weighted by molar-refractivity contribution is -0.150. The first-order chi connectivity index (χ1) is 30.2. The first kappa shape index (κ1) is 61.3. The summed E-state index contributed by atoms with van der Waals surface area (Å²) >= 11 is 0. The number of carbonyl (C=O) groups is 1. The average molecular weight is 882 g/mol. The second-order valence-electron chi connectivity index (χ2n) is 19.5. The molecular formula is C55H111NO6. The highest BCUT2D eigenvalue weighted by Gasteiger charge is 2.15. The Morgan fingerprint density at radius 2 is 0.710 bits per heavy atom. The van der Waals surface area contributed by atoms with Gasteiger partial charge in [-0.1, -0.05) is 195 Å². The smallest absolute Gasteiger partial charge is 0.306 e. The van der Waals surface area contributed by atoms with Gasteiger partial charge in [0.05, 0.1) is 0 Å². The summed E-state index contributed by atoms with van der Waals surface area (Å²) in [4.78, 5) is 14.8. The van der Waals surface area contributed by atoms with Crippen LogP contribution in [0, 0.1) is 11.8 Å². The van der Waals surface area contributed by atoms with E-state index in [0.29, 0.717) is 6.42 Å². The van der Waals surface area contributed by atoms with Gasteiger partial charge in [0.25, 0.3) is 0 Å². The van der Waals surface area contributed by atoms with Crippen LogP contribution in [0.3, 0.4) is 0 Å². The third-order valence-corrected chi connectivity index (χ3v) is 13.0. The Morgan fingerprint density at radius 3 is 1.06 bits per heavy atom. The van der Waals surface area contributed by atoms with Crippen LogP contribution in [-0.4, -0.2) is 76.6 Å². The summed E-state index contributed by atoms with van der Waals surface area (Å²) < 4.78 is 30.2. The lowest BCUT2D eigenvalue weighted by atomic mass is 9.92. The molecule has 0 heterocycles. The average Bonchev–Trinajstić information content (AvgIpc) is 3.24. The van der Waals surface area contributed by atoms with Crippen molar-refractivity contribution in [1.29, 1.82) is 0 Å². The molecule has 0 aliphatic carbocycles. The van der Waals surface area contributed by atoms with Gasteiger partial charge in [-0.05, 0) is 104 Å². The Hall–Kier alpha value is -0.730. The molecule has 0 aromatic rings. The molecular weight excluding hydrogens is 771 g/mol. The van der Waals surface area contributed by atoms with Crippen molar-refractivity contribution in [3.63, 3.8) is 0 Å². The second-order valence-corrected chi connectivity index (χ2v) is 19.5. The molecule has 0 aromatic heterocycles. The van der Waals surface area contributed by atoms with Crippen LogP contribution in [0.2, 0.25) is 0 Å². The van der Waals surface area contributed by atoms with Crippen molar-refractivity contribution in [3.8, 4) is 0 Å². The Kier molecular flexibility index (Phi) is 47.6. The van der Waals surface area contributed by atoms with Gasteiger partial charge in [-0.15, -0.1) is 0 Å². The fourth-order valence-corrected chi connectivity index (χ4v) is 8.76. The molecule has 0 aromatic carbocycles. The van der Waals surface area contributed by atoms with Crippen LogP contribution in [0.4, 0.5) is 0 Å². The minimum Gasteiger partial charge on any atom is -0.462 e. The number of esters is 1. The van der Waals surface area contributed by atoms with E-state index in [-0.39, 0.29) is 24.7 Å². The van der Waals surface area contributed by atoms with Crippen LogP contribution in [0.15, 0.2) is 0 Å². The fraction of sp³-hybridized carbons (Fsp3) is 0.982.